The van der Waals surface area contributed by atoms with Crippen molar-refractivity contribution in [3.63, 3.8) is 0 Å². The van der Waals surface area contributed by atoms with Gasteiger partial charge in [0.1, 0.15) is 18.2 Å². The zero-order chi connectivity index (χ0) is 17.8. The summed E-state index contributed by atoms with van der Waals surface area (Å²) >= 11 is 12.4. The quantitative estimate of drug-likeness (QED) is 0.479. The maximum atomic E-state index is 5.95. The van der Waals surface area contributed by atoms with Gasteiger partial charge in [0, 0.05) is 0 Å². The van der Waals surface area contributed by atoms with E-state index >= 15 is 0 Å². The average molecular weight is 484 g/mol. The van der Waals surface area contributed by atoms with E-state index in [1.807, 2.05) is 49.4 Å². The van der Waals surface area contributed by atoms with Gasteiger partial charge < -0.3 is 10.2 Å². The van der Waals surface area contributed by atoms with E-state index < -0.39 is 0 Å². The van der Waals surface area contributed by atoms with Crippen molar-refractivity contribution in [1.29, 1.82) is 0 Å². The lowest BCUT2D eigenvalue weighted by atomic mass is 10.2. The lowest BCUT2D eigenvalue weighted by Crippen LogP contribution is -2.16. The fourth-order valence-corrected chi connectivity index (χ4v) is 4.07. The minimum atomic E-state index is 0.513. The lowest BCUT2D eigenvalue weighted by molar-refractivity contribution is 0.302. The number of nitrogens with zero attached hydrogens (tertiary/aromatic N) is 2. The normalized spacial score (nSPS) is 10.7. The molecule has 0 spiro atoms. The Hall–Kier alpha value is -1.64. The first-order valence-corrected chi connectivity index (χ1v) is 9.56. The predicted molar refractivity (Wildman–Crippen MR) is 108 cm³/mol. The standard InChI is InChI=1S/C17H16Br2N4OS/c1-11-21-22-17(25)23(11)20-9-13-7-14(18)16(15(19)8-13)24-10-12-5-3-2-4-6-12/h2-8,20H,9-10H2,1H3,(H,22,25). The molecule has 0 radical (unpaired) electrons. The Morgan fingerprint density at radius 1 is 1.16 bits per heavy atom. The minimum absolute atomic E-state index is 0.513. The maximum Gasteiger partial charge on any atom is 0.214 e. The number of halogens is 2. The molecule has 0 fully saturated rings. The van der Waals surface area contributed by atoms with Crippen LogP contribution in [0.3, 0.4) is 0 Å². The Labute approximate surface area is 167 Å². The zero-order valence-corrected chi connectivity index (χ0v) is 17.4. The molecule has 2 N–H and O–H groups in total. The molecule has 0 aliphatic carbocycles. The highest BCUT2D eigenvalue weighted by Gasteiger charge is 2.10. The number of benzene rings is 2. The van der Waals surface area contributed by atoms with Gasteiger partial charge in [0.25, 0.3) is 0 Å². The van der Waals surface area contributed by atoms with Crippen LogP contribution in [0.5, 0.6) is 5.75 Å². The lowest BCUT2D eigenvalue weighted by Gasteiger charge is -2.14. The molecule has 0 amide bonds. The van der Waals surface area contributed by atoms with Gasteiger partial charge >= 0.3 is 0 Å². The van der Waals surface area contributed by atoms with Gasteiger partial charge in [-0.15, -0.1) is 0 Å². The van der Waals surface area contributed by atoms with E-state index in [4.69, 9.17) is 17.0 Å². The molecule has 0 saturated carbocycles. The first-order valence-electron chi connectivity index (χ1n) is 7.57. The van der Waals surface area contributed by atoms with Crippen LogP contribution >= 0.6 is 44.1 Å². The minimum Gasteiger partial charge on any atom is -0.487 e. The number of nitrogens with one attached hydrogen (secondary N) is 2. The summed E-state index contributed by atoms with van der Waals surface area (Å²) in [5.74, 6) is 1.56. The third kappa shape index (κ3) is 4.50. The summed E-state index contributed by atoms with van der Waals surface area (Å²) in [5, 5.41) is 6.83. The van der Waals surface area contributed by atoms with Crippen LogP contribution in [0.2, 0.25) is 0 Å². The second kappa shape index (κ2) is 8.16. The van der Waals surface area contributed by atoms with Crippen LogP contribution in [0.15, 0.2) is 51.4 Å². The summed E-state index contributed by atoms with van der Waals surface area (Å²) in [4.78, 5) is 0. The Morgan fingerprint density at radius 3 is 2.44 bits per heavy atom. The van der Waals surface area contributed by atoms with Gasteiger partial charge in [-0.05, 0) is 74.3 Å². The number of hydrogen-bond acceptors (Lipinski definition) is 4. The second-order valence-corrected chi connectivity index (χ2v) is 7.50. The van der Waals surface area contributed by atoms with Crippen LogP contribution in [0.25, 0.3) is 0 Å². The highest BCUT2D eigenvalue weighted by atomic mass is 79.9. The molecule has 8 heteroatoms. The molecule has 5 nitrogen and oxygen atoms in total. The van der Waals surface area contributed by atoms with Gasteiger partial charge in [0.05, 0.1) is 15.5 Å². The summed E-state index contributed by atoms with van der Waals surface area (Å²) < 4.78 is 10.0. The van der Waals surface area contributed by atoms with E-state index in [2.05, 4.69) is 47.5 Å². The number of hydrogen-bond donors (Lipinski definition) is 2. The van der Waals surface area contributed by atoms with Crippen molar-refractivity contribution in [3.8, 4) is 5.75 Å². The van der Waals surface area contributed by atoms with E-state index in [-0.39, 0.29) is 0 Å². The van der Waals surface area contributed by atoms with E-state index in [0.29, 0.717) is 17.9 Å². The molecule has 0 aliphatic heterocycles. The van der Waals surface area contributed by atoms with Gasteiger partial charge in [-0.2, -0.15) is 5.10 Å². The second-order valence-electron chi connectivity index (χ2n) is 5.41. The molecule has 0 unspecified atom stereocenters. The summed E-state index contributed by atoms with van der Waals surface area (Å²) in [6.45, 7) is 3.00. The molecular formula is C17H16Br2N4OS. The van der Waals surface area contributed by atoms with Gasteiger partial charge in [0.2, 0.25) is 4.77 Å². The van der Waals surface area contributed by atoms with Crippen LogP contribution in [0, 0.1) is 11.7 Å². The van der Waals surface area contributed by atoms with Crippen molar-refractivity contribution < 1.29 is 4.74 Å². The number of aromatic nitrogens is 3. The SMILES string of the molecule is Cc1n[nH]c(=S)n1NCc1cc(Br)c(OCc2ccccc2)c(Br)c1. The molecule has 130 valence electrons. The molecule has 1 aromatic heterocycles. The van der Waals surface area contributed by atoms with E-state index in [1.54, 1.807) is 4.68 Å². The van der Waals surface area contributed by atoms with Gasteiger partial charge in [-0.25, -0.2) is 4.68 Å². The number of H-pyrrole nitrogens is 1. The Bertz CT molecular complexity index is 901. The summed E-state index contributed by atoms with van der Waals surface area (Å²) in [6, 6.07) is 14.1. The van der Waals surface area contributed by atoms with E-state index in [9.17, 15) is 0 Å². The van der Waals surface area contributed by atoms with Gasteiger partial charge in [0.15, 0.2) is 0 Å². The van der Waals surface area contributed by atoms with Gasteiger partial charge in [-0.3, -0.25) is 5.10 Å². The van der Waals surface area contributed by atoms with Crippen molar-refractivity contribution in [2.24, 2.45) is 0 Å². The third-order valence-corrected chi connectivity index (χ3v) is 5.02. The molecular weight excluding hydrogens is 468 g/mol. The molecule has 1 heterocycles. The predicted octanol–water partition coefficient (Wildman–Crippen LogP) is 5.10. The van der Waals surface area contributed by atoms with Crippen molar-refractivity contribution >= 4 is 44.1 Å². The number of aryl methyl sites for hydroxylation is 1. The molecule has 0 aliphatic rings. The van der Waals surface area contributed by atoms with E-state index in [0.717, 1.165) is 31.6 Å². The smallest absolute Gasteiger partial charge is 0.214 e. The molecule has 25 heavy (non-hydrogen) atoms. The highest BCUT2D eigenvalue weighted by Crippen LogP contribution is 2.35. The van der Waals surface area contributed by atoms with Crippen LogP contribution in [-0.4, -0.2) is 14.9 Å². The Balaban J connectivity index is 1.70. The zero-order valence-electron chi connectivity index (χ0n) is 13.4. The summed E-state index contributed by atoms with van der Waals surface area (Å²) in [7, 11) is 0. The Morgan fingerprint density at radius 2 is 1.84 bits per heavy atom. The maximum absolute atomic E-state index is 5.95. The topological polar surface area (TPSA) is 54.9 Å². The fourth-order valence-electron chi connectivity index (χ4n) is 2.31. The molecule has 0 atom stereocenters. The largest absolute Gasteiger partial charge is 0.487 e. The van der Waals surface area contributed by atoms with Crippen LogP contribution in [0.4, 0.5) is 0 Å². The van der Waals surface area contributed by atoms with Crippen LogP contribution < -0.4 is 10.2 Å². The number of aromatic amines is 1. The highest BCUT2D eigenvalue weighted by molar-refractivity contribution is 9.11. The monoisotopic (exact) mass is 482 g/mol. The third-order valence-electron chi connectivity index (χ3n) is 3.57. The van der Waals surface area contributed by atoms with Crippen molar-refractivity contribution in [3.05, 3.63) is 73.1 Å². The molecule has 3 aromatic rings. The first-order chi connectivity index (χ1) is 12.0. The van der Waals surface area contributed by atoms with Crippen molar-refractivity contribution in [2.75, 3.05) is 5.43 Å². The number of ether oxygens (including phenoxy) is 1. The van der Waals surface area contributed by atoms with Crippen LogP contribution in [0.1, 0.15) is 17.0 Å². The fraction of sp³-hybridized carbons (Fsp3) is 0.176. The van der Waals surface area contributed by atoms with Crippen molar-refractivity contribution in [2.45, 2.75) is 20.1 Å². The molecule has 3 rings (SSSR count). The van der Waals surface area contributed by atoms with Crippen LogP contribution in [-0.2, 0) is 13.2 Å². The Kier molecular flexibility index (Phi) is 5.93. The molecule has 0 bridgehead atoms. The van der Waals surface area contributed by atoms with Gasteiger partial charge in [-0.1, -0.05) is 30.3 Å². The number of rotatable bonds is 6. The van der Waals surface area contributed by atoms with E-state index in [1.165, 1.54) is 0 Å². The average Bonchev–Trinajstić information content (AvgIpc) is 2.91. The molecule has 0 saturated heterocycles. The summed E-state index contributed by atoms with van der Waals surface area (Å²) in [5.41, 5.74) is 5.44. The molecule has 2 aromatic carbocycles. The first kappa shape index (κ1) is 18.2. The van der Waals surface area contributed by atoms with Crippen molar-refractivity contribution in [1.82, 2.24) is 14.9 Å². The summed E-state index contributed by atoms with van der Waals surface area (Å²) in [6.07, 6.45) is 0.